The number of sulfonamides is 1. The Balaban J connectivity index is 2.04. The van der Waals surface area contributed by atoms with E-state index < -0.39 is 10.0 Å². The van der Waals surface area contributed by atoms with Crippen LogP contribution < -0.4 is 10.5 Å². The van der Waals surface area contributed by atoms with Crippen LogP contribution in [-0.2, 0) is 23.5 Å². The van der Waals surface area contributed by atoms with Gasteiger partial charge >= 0.3 is 0 Å². The second kappa shape index (κ2) is 5.51. The highest BCUT2D eigenvalue weighted by atomic mass is 32.2. The van der Waals surface area contributed by atoms with Gasteiger partial charge < -0.3 is 15.4 Å². The Kier molecular flexibility index (Phi) is 3.96. The fraction of sp³-hybridized carbons (Fsp3) is 0.250. The number of hydrogen-bond donors (Lipinski definition) is 3. The van der Waals surface area contributed by atoms with Gasteiger partial charge in [0.25, 0.3) is 0 Å². The molecule has 7 nitrogen and oxygen atoms in total. The smallest absolute Gasteiger partial charge is 0.240 e. The molecule has 108 valence electrons. The number of aryl methyl sites for hydroxylation is 1. The lowest BCUT2D eigenvalue weighted by Gasteiger charge is -2.08. The molecule has 2 rings (SSSR count). The molecule has 0 aliphatic heterocycles. The van der Waals surface area contributed by atoms with Crippen molar-refractivity contribution in [3.05, 3.63) is 36.4 Å². The summed E-state index contributed by atoms with van der Waals surface area (Å²) in [7, 11) is -1.80. The number of nitrogens with zero attached hydrogens (tertiary/aromatic N) is 2. The van der Waals surface area contributed by atoms with Crippen LogP contribution in [0, 0.1) is 0 Å². The summed E-state index contributed by atoms with van der Waals surface area (Å²) in [5, 5.41) is 9.29. The van der Waals surface area contributed by atoms with Crippen molar-refractivity contribution in [1.29, 1.82) is 0 Å². The zero-order valence-electron chi connectivity index (χ0n) is 10.9. The molecule has 1 aromatic heterocycles. The third kappa shape index (κ3) is 3.09. The maximum absolute atomic E-state index is 12.0. The number of benzene rings is 1. The number of aromatic nitrogens is 2. The van der Waals surface area contributed by atoms with Crippen molar-refractivity contribution in [2.75, 3.05) is 12.3 Å². The maximum Gasteiger partial charge on any atom is 0.240 e. The average molecular weight is 296 g/mol. The Labute approximate surface area is 117 Å². The number of phenolic OH excluding ortho intramolecular Hbond substituents is 1. The summed E-state index contributed by atoms with van der Waals surface area (Å²) in [6, 6.07) is 3.77. The van der Waals surface area contributed by atoms with E-state index >= 15 is 0 Å². The zero-order valence-corrected chi connectivity index (χ0v) is 11.8. The summed E-state index contributed by atoms with van der Waals surface area (Å²) in [6.45, 7) is 0.230. The summed E-state index contributed by atoms with van der Waals surface area (Å²) in [4.78, 5) is 4.13. The Morgan fingerprint density at radius 1 is 1.45 bits per heavy atom. The highest BCUT2D eigenvalue weighted by molar-refractivity contribution is 7.89. The van der Waals surface area contributed by atoms with Crippen molar-refractivity contribution in [3.8, 4) is 5.75 Å². The molecular formula is C12H16N4O3S. The van der Waals surface area contributed by atoms with Crippen LogP contribution >= 0.6 is 0 Å². The fourth-order valence-electron chi connectivity index (χ4n) is 1.72. The Bertz CT molecular complexity index is 709. The molecule has 0 aliphatic rings. The topological polar surface area (TPSA) is 110 Å². The molecule has 20 heavy (non-hydrogen) atoms. The van der Waals surface area contributed by atoms with E-state index in [0.717, 1.165) is 5.82 Å². The molecule has 0 saturated carbocycles. The summed E-state index contributed by atoms with van der Waals surface area (Å²) in [6.07, 6.45) is 3.94. The minimum absolute atomic E-state index is 0.0210. The predicted octanol–water partition coefficient (Wildman–Crippen LogP) is 0.229. The number of phenols is 1. The van der Waals surface area contributed by atoms with Crippen LogP contribution in [0.1, 0.15) is 5.82 Å². The van der Waals surface area contributed by atoms with E-state index in [0.29, 0.717) is 6.42 Å². The van der Waals surface area contributed by atoms with Crippen molar-refractivity contribution in [3.63, 3.8) is 0 Å². The van der Waals surface area contributed by atoms with Crippen LogP contribution in [-0.4, -0.2) is 29.6 Å². The first-order valence-corrected chi connectivity index (χ1v) is 7.43. The third-order valence-electron chi connectivity index (χ3n) is 2.87. The second-order valence-corrected chi connectivity index (χ2v) is 6.09. The van der Waals surface area contributed by atoms with Crippen LogP contribution in [0.2, 0.25) is 0 Å². The number of nitrogen functional groups attached to an aromatic ring is 1. The number of hydrogen-bond acceptors (Lipinski definition) is 5. The van der Waals surface area contributed by atoms with Crippen LogP contribution in [0.15, 0.2) is 35.5 Å². The van der Waals surface area contributed by atoms with Crippen LogP contribution in [0.4, 0.5) is 5.69 Å². The lowest BCUT2D eigenvalue weighted by atomic mass is 10.3. The van der Waals surface area contributed by atoms with E-state index in [9.17, 15) is 13.5 Å². The van der Waals surface area contributed by atoms with Gasteiger partial charge in [-0.05, 0) is 18.2 Å². The van der Waals surface area contributed by atoms with Gasteiger partial charge in [0.05, 0.1) is 10.6 Å². The average Bonchev–Trinajstić information content (AvgIpc) is 2.78. The maximum atomic E-state index is 12.0. The van der Waals surface area contributed by atoms with E-state index in [1.807, 2.05) is 11.6 Å². The Hall–Kier alpha value is -2.06. The van der Waals surface area contributed by atoms with E-state index in [1.165, 1.54) is 18.2 Å². The van der Waals surface area contributed by atoms with Crippen LogP contribution in [0.5, 0.6) is 5.75 Å². The van der Waals surface area contributed by atoms with Gasteiger partial charge in [-0.15, -0.1) is 0 Å². The zero-order chi connectivity index (χ0) is 14.8. The third-order valence-corrected chi connectivity index (χ3v) is 4.33. The molecule has 0 fully saturated rings. The standard InChI is InChI=1S/C12H16N4O3S/c1-16-7-6-14-12(16)4-5-15-20(18,19)9-2-3-11(17)10(13)8-9/h2-3,6-8,15,17H,4-5,13H2,1H3. The van der Waals surface area contributed by atoms with Gasteiger partial charge in [0.15, 0.2) is 0 Å². The number of rotatable bonds is 5. The minimum atomic E-state index is -3.64. The molecule has 0 saturated heterocycles. The molecule has 0 atom stereocenters. The van der Waals surface area contributed by atoms with E-state index in [-0.39, 0.29) is 22.9 Å². The van der Waals surface area contributed by atoms with Crippen molar-refractivity contribution in [1.82, 2.24) is 14.3 Å². The number of imidazole rings is 1. The second-order valence-electron chi connectivity index (χ2n) is 4.32. The van der Waals surface area contributed by atoms with E-state index in [1.54, 1.807) is 12.4 Å². The molecule has 4 N–H and O–H groups in total. The lowest BCUT2D eigenvalue weighted by Crippen LogP contribution is -2.26. The molecule has 2 aromatic rings. The first kappa shape index (κ1) is 14.4. The molecule has 0 spiro atoms. The highest BCUT2D eigenvalue weighted by Crippen LogP contribution is 2.22. The first-order valence-electron chi connectivity index (χ1n) is 5.94. The van der Waals surface area contributed by atoms with Gasteiger partial charge in [-0.1, -0.05) is 0 Å². The molecule has 0 amide bonds. The molecule has 1 heterocycles. The molecule has 0 aliphatic carbocycles. The summed E-state index contributed by atoms with van der Waals surface area (Å²) >= 11 is 0. The Morgan fingerprint density at radius 3 is 2.80 bits per heavy atom. The van der Waals surface area contributed by atoms with Gasteiger partial charge in [0, 0.05) is 32.4 Å². The summed E-state index contributed by atoms with van der Waals surface area (Å²) < 4.78 is 28.4. The first-order chi connectivity index (χ1) is 9.40. The van der Waals surface area contributed by atoms with E-state index in [2.05, 4.69) is 9.71 Å². The monoisotopic (exact) mass is 296 g/mol. The predicted molar refractivity (Wildman–Crippen MR) is 74.6 cm³/mol. The fourth-order valence-corrected chi connectivity index (χ4v) is 2.78. The van der Waals surface area contributed by atoms with Crippen molar-refractivity contribution in [2.24, 2.45) is 7.05 Å². The van der Waals surface area contributed by atoms with Gasteiger partial charge in [-0.25, -0.2) is 18.1 Å². The van der Waals surface area contributed by atoms with Crippen molar-refractivity contribution < 1.29 is 13.5 Å². The van der Waals surface area contributed by atoms with Gasteiger partial charge in [0.2, 0.25) is 10.0 Å². The molecule has 8 heteroatoms. The number of anilines is 1. The highest BCUT2D eigenvalue weighted by Gasteiger charge is 2.15. The number of nitrogens with one attached hydrogen (secondary N) is 1. The summed E-state index contributed by atoms with van der Waals surface area (Å²) in [5.74, 6) is 0.648. The lowest BCUT2D eigenvalue weighted by molar-refractivity contribution is 0.477. The van der Waals surface area contributed by atoms with Crippen molar-refractivity contribution in [2.45, 2.75) is 11.3 Å². The van der Waals surface area contributed by atoms with Gasteiger partial charge in [-0.2, -0.15) is 0 Å². The molecule has 1 aromatic carbocycles. The van der Waals surface area contributed by atoms with E-state index in [4.69, 9.17) is 5.73 Å². The number of aromatic hydroxyl groups is 1. The Morgan fingerprint density at radius 2 is 2.20 bits per heavy atom. The molecule has 0 radical (unpaired) electrons. The largest absolute Gasteiger partial charge is 0.506 e. The van der Waals surface area contributed by atoms with Gasteiger partial charge in [0.1, 0.15) is 11.6 Å². The van der Waals surface area contributed by atoms with Crippen molar-refractivity contribution >= 4 is 15.7 Å². The molecule has 0 unspecified atom stereocenters. The molecular weight excluding hydrogens is 280 g/mol. The normalized spacial score (nSPS) is 11.7. The van der Waals surface area contributed by atoms with Gasteiger partial charge in [-0.3, -0.25) is 0 Å². The quantitative estimate of drug-likeness (QED) is 0.540. The minimum Gasteiger partial charge on any atom is -0.506 e. The molecule has 0 bridgehead atoms. The SMILES string of the molecule is Cn1ccnc1CCNS(=O)(=O)c1ccc(O)c(N)c1. The summed E-state index contributed by atoms with van der Waals surface area (Å²) in [5.41, 5.74) is 5.51. The van der Waals surface area contributed by atoms with Crippen LogP contribution in [0.25, 0.3) is 0 Å². The van der Waals surface area contributed by atoms with Crippen LogP contribution in [0.3, 0.4) is 0 Å². The number of nitrogens with two attached hydrogens (primary N) is 1.